The van der Waals surface area contributed by atoms with Crippen molar-refractivity contribution in [3.05, 3.63) is 0 Å². The van der Waals surface area contributed by atoms with Crippen LogP contribution in [0.2, 0.25) is 0 Å². The van der Waals surface area contributed by atoms with Gasteiger partial charge in [-0.15, -0.1) is 8.93 Å². The maximum Gasteiger partial charge on any atom is -0.0367 e. The average molecular weight is 192 g/mol. The molecule has 0 bridgehead atoms. The van der Waals surface area contributed by atoms with Crippen molar-refractivity contribution in [2.24, 2.45) is 0 Å². The van der Waals surface area contributed by atoms with Gasteiger partial charge in [-0.25, -0.2) is 0 Å². The zero-order valence-corrected chi connectivity index (χ0v) is 9.07. The largest absolute Gasteiger partial charge is 0.110 e. The maximum absolute atomic E-state index is 3.38. The average Bonchev–Trinajstić information content (AvgIpc) is 1.61. The molecule has 4 unspecified atom stereocenters. The standard InChI is InChI=1S/H6P6/c1-3-5-6-4-2/h1,4-6H,2H2. The lowest BCUT2D eigenvalue weighted by molar-refractivity contribution is 5.16. The van der Waals surface area contributed by atoms with Gasteiger partial charge in [-0.1, -0.05) is 32.0 Å². The summed E-state index contributed by atoms with van der Waals surface area (Å²) in [7, 11) is 10.9. The summed E-state index contributed by atoms with van der Waals surface area (Å²) in [5.41, 5.74) is 0. The molecule has 0 heterocycles. The van der Waals surface area contributed by atoms with Gasteiger partial charge in [0, 0.05) is 0 Å². The van der Waals surface area contributed by atoms with Crippen LogP contribution in [0.5, 0.6) is 0 Å². The molecule has 0 fully saturated rings. The number of hydrogen-bond donors (Lipinski definition) is 0. The van der Waals surface area contributed by atoms with E-state index in [0.29, 0.717) is 0 Å². The summed E-state index contributed by atoms with van der Waals surface area (Å²) in [4.78, 5) is 0. The van der Waals surface area contributed by atoms with Crippen molar-refractivity contribution in [2.45, 2.75) is 0 Å². The lowest BCUT2D eigenvalue weighted by Gasteiger charge is -1.82. The van der Waals surface area contributed by atoms with Crippen molar-refractivity contribution in [2.75, 3.05) is 0 Å². The third kappa shape index (κ3) is 6.32. The molecule has 0 spiro atoms. The summed E-state index contributed by atoms with van der Waals surface area (Å²) in [6, 6.07) is 0. The predicted molar refractivity (Wildman–Crippen MR) is 49.9 cm³/mol. The first-order valence-corrected chi connectivity index (χ1v) is 11.1. The first-order chi connectivity index (χ1) is 2.91. The minimum atomic E-state index is 1.08. The molecule has 0 radical (unpaired) electrons. The Kier molecular flexibility index (Phi) is 10.2. The van der Waals surface area contributed by atoms with Crippen LogP contribution >= 0.6 is 48.9 Å². The van der Waals surface area contributed by atoms with E-state index >= 15 is 0 Å². The van der Waals surface area contributed by atoms with Crippen LogP contribution in [-0.2, 0) is 0 Å². The second kappa shape index (κ2) is 7.32. The molecule has 6 heavy (non-hydrogen) atoms. The van der Waals surface area contributed by atoms with Crippen LogP contribution in [-0.4, -0.2) is 0 Å². The Labute approximate surface area is 49.4 Å². The van der Waals surface area contributed by atoms with Crippen molar-refractivity contribution < 1.29 is 0 Å². The molecule has 0 aromatic carbocycles. The Balaban J connectivity index is 2.49. The van der Waals surface area contributed by atoms with Crippen molar-refractivity contribution >= 4 is 48.9 Å². The van der Waals surface area contributed by atoms with Gasteiger partial charge in [0.05, 0.1) is 0 Å². The Morgan fingerprint density at radius 2 is 2.33 bits per heavy atom. The first-order valence-electron chi connectivity index (χ1n) is 1.24. The summed E-state index contributed by atoms with van der Waals surface area (Å²) in [5.74, 6) is 0. The van der Waals surface area contributed by atoms with Crippen molar-refractivity contribution in [1.82, 2.24) is 0 Å². The van der Waals surface area contributed by atoms with Gasteiger partial charge in [0.15, 0.2) is 0 Å². The van der Waals surface area contributed by atoms with E-state index in [4.69, 9.17) is 0 Å². The monoisotopic (exact) mass is 192 g/mol. The fraction of sp³-hybridized carbons (Fsp3) is 0. The van der Waals surface area contributed by atoms with Gasteiger partial charge in [0.1, 0.15) is 0 Å². The molecule has 6 heteroatoms. The second-order valence-electron chi connectivity index (χ2n) is 0.493. The van der Waals surface area contributed by atoms with Gasteiger partial charge >= 0.3 is 0 Å². The van der Waals surface area contributed by atoms with E-state index in [1.165, 1.54) is 15.5 Å². The van der Waals surface area contributed by atoms with Crippen LogP contribution in [0, 0.1) is 0 Å². The van der Waals surface area contributed by atoms with Gasteiger partial charge in [0.25, 0.3) is 0 Å². The molecule has 0 aliphatic heterocycles. The molecule has 0 aromatic rings. The lowest BCUT2D eigenvalue weighted by atomic mass is 29.2. The molecule has 4 atom stereocenters. The Morgan fingerprint density at radius 3 is 2.50 bits per heavy atom. The lowest BCUT2D eigenvalue weighted by Crippen LogP contribution is -0.899. The summed E-state index contributed by atoms with van der Waals surface area (Å²) >= 11 is 0. The Hall–Kier alpha value is 2.32. The zero-order valence-electron chi connectivity index (χ0n) is 3.02. The van der Waals surface area contributed by atoms with E-state index < -0.39 is 0 Å². The van der Waals surface area contributed by atoms with Crippen molar-refractivity contribution in [3.63, 3.8) is 0 Å². The molecule has 0 saturated heterocycles. The van der Waals surface area contributed by atoms with E-state index in [-0.39, 0.29) is 0 Å². The highest BCUT2D eigenvalue weighted by Crippen LogP contribution is 2.62. The third-order valence-corrected chi connectivity index (χ3v) is 14.9. The SMILES string of the molecule is P=PPPPP. The topological polar surface area (TPSA) is 0 Å². The van der Waals surface area contributed by atoms with Gasteiger partial charge in [0.2, 0.25) is 0 Å². The fourth-order valence-corrected chi connectivity index (χ4v) is 14.6. The number of rotatable bonds is 3. The summed E-state index contributed by atoms with van der Waals surface area (Å²) in [6.45, 7) is 0. The smallest absolute Gasteiger partial charge is 0.0367 e. The van der Waals surface area contributed by atoms with E-state index in [1.807, 2.05) is 0 Å². The highest BCUT2D eigenvalue weighted by molar-refractivity contribution is 8.68. The van der Waals surface area contributed by atoms with Crippen LogP contribution in [0.15, 0.2) is 0 Å². The molecule has 0 saturated carbocycles. The molecular formula is H6P6. The highest BCUT2D eigenvalue weighted by atomic mass is 32.7. The van der Waals surface area contributed by atoms with Gasteiger partial charge in [-0.05, 0) is 7.96 Å². The maximum atomic E-state index is 3.38. The highest BCUT2D eigenvalue weighted by Gasteiger charge is 1.70. The minimum Gasteiger partial charge on any atom is -0.110 e. The van der Waals surface area contributed by atoms with Gasteiger partial charge in [-0.2, -0.15) is 0 Å². The summed E-state index contributed by atoms with van der Waals surface area (Å²) in [6.07, 6.45) is 0. The Bertz CT molecular complexity index is 29.0. The van der Waals surface area contributed by atoms with Crippen LogP contribution in [0.25, 0.3) is 0 Å². The molecule has 0 rings (SSSR count). The molecule has 0 N–H and O–H groups in total. The van der Waals surface area contributed by atoms with Crippen LogP contribution < -0.4 is 0 Å². The van der Waals surface area contributed by atoms with Crippen molar-refractivity contribution in [3.8, 4) is 0 Å². The van der Waals surface area contributed by atoms with Crippen LogP contribution in [0.4, 0.5) is 0 Å². The summed E-state index contributed by atoms with van der Waals surface area (Å²) in [5, 5.41) is 0. The second-order valence-corrected chi connectivity index (χ2v) is 13.3. The zero-order chi connectivity index (χ0) is 4.83. The Morgan fingerprint density at radius 1 is 1.67 bits per heavy atom. The van der Waals surface area contributed by atoms with Gasteiger partial charge < -0.3 is 0 Å². The van der Waals surface area contributed by atoms with Crippen molar-refractivity contribution in [1.29, 1.82) is 0 Å². The summed E-state index contributed by atoms with van der Waals surface area (Å²) < 4.78 is 0. The number of hydrogen-bond acceptors (Lipinski definition) is 0. The van der Waals surface area contributed by atoms with E-state index in [2.05, 4.69) is 17.5 Å². The normalized spacial score (nSPS) is 15.5. The third-order valence-electron chi connectivity index (χ3n) is 0.184. The molecule has 0 nitrogen and oxygen atoms in total. The molecule has 0 aromatic heterocycles. The first kappa shape index (κ1) is 8.32. The predicted octanol–water partition coefficient (Wildman–Crippen LogP) is 3.56. The molecular weight excluding hydrogens is 186 g/mol. The fourth-order valence-electron chi connectivity index (χ4n) is 0.0602. The molecule has 36 valence electrons. The van der Waals surface area contributed by atoms with E-state index in [0.717, 1.165) is 15.9 Å². The van der Waals surface area contributed by atoms with Gasteiger partial charge in [-0.3, -0.25) is 0 Å². The van der Waals surface area contributed by atoms with E-state index in [1.54, 1.807) is 0 Å². The van der Waals surface area contributed by atoms with Crippen LogP contribution in [0.3, 0.4) is 0 Å². The van der Waals surface area contributed by atoms with Crippen LogP contribution in [0.1, 0.15) is 0 Å². The molecule has 0 amide bonds. The minimum absolute atomic E-state index is 1.08. The molecule has 0 aliphatic rings. The van der Waals surface area contributed by atoms with E-state index in [9.17, 15) is 0 Å². The quantitative estimate of drug-likeness (QED) is 0.473. The molecule has 0 aliphatic carbocycles.